The van der Waals surface area contributed by atoms with Crippen LogP contribution in [0, 0.1) is 25.6 Å². The number of halogens is 1. The summed E-state index contributed by atoms with van der Waals surface area (Å²) in [5.41, 5.74) is 3.32. The van der Waals surface area contributed by atoms with E-state index >= 15 is 0 Å². The molecule has 2 aromatic carbocycles. The zero-order chi connectivity index (χ0) is 24.5. The third-order valence-electron chi connectivity index (χ3n) is 6.21. The lowest BCUT2D eigenvalue weighted by atomic mass is 9.99. The van der Waals surface area contributed by atoms with Crippen LogP contribution in [0.5, 0.6) is 0 Å². The van der Waals surface area contributed by atoms with Crippen molar-refractivity contribution >= 4 is 37.5 Å². The van der Waals surface area contributed by atoms with Gasteiger partial charge >= 0.3 is 0 Å². The largest absolute Gasteiger partial charge is 0.383 e. The van der Waals surface area contributed by atoms with Crippen LogP contribution in [0.15, 0.2) is 46.3 Å². The van der Waals surface area contributed by atoms with E-state index < -0.39 is 21.8 Å². The van der Waals surface area contributed by atoms with Crippen molar-refractivity contribution in [1.29, 1.82) is 0 Å². The predicted molar refractivity (Wildman–Crippen MR) is 130 cm³/mol. The van der Waals surface area contributed by atoms with Crippen LogP contribution in [0.3, 0.4) is 0 Å². The summed E-state index contributed by atoms with van der Waals surface area (Å²) in [6, 6.07) is 8.94. The van der Waals surface area contributed by atoms with Gasteiger partial charge in [-0.3, -0.25) is 4.79 Å². The highest BCUT2D eigenvalue weighted by molar-refractivity contribution is 7.89. The third kappa shape index (κ3) is 5.00. The maximum absolute atomic E-state index is 13.2. The molecule has 1 aromatic heterocycles. The molecule has 2 heterocycles. The highest BCUT2D eigenvalue weighted by Crippen LogP contribution is 2.26. The number of benzene rings is 2. The molecule has 1 fully saturated rings. The molecular formula is C24H28FN3O4S2. The Balaban J connectivity index is 1.64. The number of thiazole rings is 1. The molecule has 1 aliphatic rings. The standard InChI is InChI=1S/C24H28FN3O4S2/c1-16-13-21-22(14-17(16)2)33-24(28(21)11-12-32-3)26-23(29)18-5-4-10-27(15-18)34(30,31)20-8-6-19(25)7-9-20/h6-9,13-14,18H,4-5,10-12,15H2,1-3H3. The number of fused-ring (bicyclic) bond motifs is 1. The summed E-state index contributed by atoms with van der Waals surface area (Å²) in [4.78, 5) is 18.2. The Labute approximate surface area is 202 Å². The van der Waals surface area contributed by atoms with Gasteiger partial charge in [0.1, 0.15) is 5.82 Å². The number of piperidine rings is 1. The lowest BCUT2D eigenvalue weighted by Crippen LogP contribution is -2.42. The van der Waals surface area contributed by atoms with E-state index in [1.165, 1.54) is 33.3 Å². The Bertz CT molecular complexity index is 1380. The lowest BCUT2D eigenvalue weighted by molar-refractivity contribution is -0.122. The van der Waals surface area contributed by atoms with Gasteiger partial charge in [-0.05, 0) is 74.2 Å². The van der Waals surface area contributed by atoms with Gasteiger partial charge in [-0.15, -0.1) is 0 Å². The Morgan fingerprint density at radius 1 is 1.21 bits per heavy atom. The van der Waals surface area contributed by atoms with Crippen molar-refractivity contribution < 1.29 is 22.3 Å². The number of ether oxygens (including phenoxy) is 1. The van der Waals surface area contributed by atoms with Crippen molar-refractivity contribution in [3.05, 3.63) is 58.1 Å². The van der Waals surface area contributed by atoms with Gasteiger partial charge in [0, 0.05) is 26.7 Å². The van der Waals surface area contributed by atoms with Gasteiger partial charge < -0.3 is 9.30 Å². The summed E-state index contributed by atoms with van der Waals surface area (Å²) < 4.78 is 48.9. The lowest BCUT2D eigenvalue weighted by Gasteiger charge is -2.30. The Kier molecular flexibility index (Phi) is 7.32. The molecule has 1 aliphatic heterocycles. The van der Waals surface area contributed by atoms with Gasteiger partial charge in [-0.25, -0.2) is 12.8 Å². The van der Waals surface area contributed by atoms with Crippen molar-refractivity contribution in [2.24, 2.45) is 10.9 Å². The quantitative estimate of drug-likeness (QED) is 0.512. The maximum Gasteiger partial charge on any atom is 0.252 e. The summed E-state index contributed by atoms with van der Waals surface area (Å²) in [5.74, 6) is -1.36. The number of rotatable bonds is 6. The van der Waals surface area contributed by atoms with Crippen LogP contribution in [0.25, 0.3) is 10.2 Å². The minimum absolute atomic E-state index is 0.0200. The number of carbonyl (C=O) groups excluding carboxylic acids is 1. The molecule has 10 heteroatoms. The van der Waals surface area contributed by atoms with E-state index in [-0.39, 0.29) is 17.3 Å². The first-order chi connectivity index (χ1) is 16.2. The van der Waals surface area contributed by atoms with Crippen LogP contribution in [0.1, 0.15) is 24.0 Å². The zero-order valence-electron chi connectivity index (χ0n) is 19.5. The topological polar surface area (TPSA) is 81.0 Å². The van der Waals surface area contributed by atoms with Crippen LogP contribution in [0.4, 0.5) is 4.39 Å². The molecule has 4 rings (SSSR count). The molecule has 1 unspecified atom stereocenters. The minimum Gasteiger partial charge on any atom is -0.383 e. The van der Waals surface area contributed by atoms with Crippen molar-refractivity contribution in [3.63, 3.8) is 0 Å². The fourth-order valence-corrected chi connectivity index (χ4v) is 6.77. The van der Waals surface area contributed by atoms with E-state index in [4.69, 9.17) is 4.74 Å². The molecule has 0 bridgehead atoms. The highest BCUT2D eigenvalue weighted by atomic mass is 32.2. The van der Waals surface area contributed by atoms with E-state index in [1.54, 1.807) is 7.11 Å². The Hall–Kier alpha value is -2.40. The molecule has 1 amide bonds. The van der Waals surface area contributed by atoms with Crippen molar-refractivity contribution in [1.82, 2.24) is 8.87 Å². The fraction of sp³-hybridized carbons (Fsp3) is 0.417. The summed E-state index contributed by atoms with van der Waals surface area (Å²) in [7, 11) is -2.19. The molecule has 182 valence electrons. The number of hydrogen-bond acceptors (Lipinski definition) is 5. The average Bonchev–Trinajstić information content (AvgIpc) is 3.13. The van der Waals surface area contributed by atoms with Gasteiger partial charge in [-0.1, -0.05) is 11.3 Å². The van der Waals surface area contributed by atoms with Gasteiger partial charge in [0.15, 0.2) is 4.80 Å². The monoisotopic (exact) mass is 505 g/mol. The SMILES string of the molecule is COCCn1c(=NC(=O)C2CCCN(S(=O)(=O)c3ccc(F)cc3)C2)sc2cc(C)c(C)cc21. The maximum atomic E-state index is 13.2. The molecule has 0 saturated carbocycles. The number of nitrogens with zero attached hydrogens (tertiary/aromatic N) is 3. The molecule has 1 atom stereocenters. The van der Waals surface area contributed by atoms with Crippen LogP contribution < -0.4 is 4.80 Å². The fourth-order valence-electron chi connectivity index (χ4n) is 4.11. The Morgan fingerprint density at radius 2 is 1.91 bits per heavy atom. The van der Waals surface area contributed by atoms with Gasteiger partial charge in [0.25, 0.3) is 5.91 Å². The summed E-state index contributed by atoms with van der Waals surface area (Å²) in [6.07, 6.45) is 1.12. The molecule has 7 nitrogen and oxygen atoms in total. The van der Waals surface area contributed by atoms with E-state index in [0.29, 0.717) is 37.3 Å². The normalized spacial score (nSPS) is 18.0. The molecule has 0 radical (unpaired) electrons. The van der Waals surface area contributed by atoms with Crippen molar-refractivity contribution in [2.75, 3.05) is 26.8 Å². The summed E-state index contributed by atoms with van der Waals surface area (Å²) >= 11 is 1.45. The molecule has 0 spiro atoms. The first kappa shape index (κ1) is 24.7. The number of aryl methyl sites for hydroxylation is 2. The number of hydrogen-bond donors (Lipinski definition) is 0. The summed E-state index contributed by atoms with van der Waals surface area (Å²) in [6.45, 7) is 5.51. The van der Waals surface area contributed by atoms with Gasteiger partial charge in [0.2, 0.25) is 10.0 Å². The van der Waals surface area contributed by atoms with Crippen molar-refractivity contribution in [3.8, 4) is 0 Å². The first-order valence-electron chi connectivity index (χ1n) is 11.1. The van der Waals surface area contributed by atoms with E-state index in [0.717, 1.165) is 27.9 Å². The summed E-state index contributed by atoms with van der Waals surface area (Å²) in [5, 5.41) is 0. The number of carbonyl (C=O) groups is 1. The molecule has 1 saturated heterocycles. The second-order valence-electron chi connectivity index (χ2n) is 8.54. The highest BCUT2D eigenvalue weighted by Gasteiger charge is 2.33. The second kappa shape index (κ2) is 10.1. The zero-order valence-corrected chi connectivity index (χ0v) is 21.1. The molecule has 0 aliphatic carbocycles. The molecular weight excluding hydrogens is 477 g/mol. The smallest absolute Gasteiger partial charge is 0.252 e. The van der Waals surface area contributed by atoms with Gasteiger partial charge in [0.05, 0.1) is 27.6 Å². The number of amides is 1. The van der Waals surface area contributed by atoms with Crippen LogP contribution in [0.2, 0.25) is 0 Å². The average molecular weight is 506 g/mol. The molecule has 0 N–H and O–H groups in total. The number of sulfonamides is 1. The Morgan fingerprint density at radius 3 is 2.62 bits per heavy atom. The van der Waals surface area contributed by atoms with Crippen LogP contribution in [-0.2, 0) is 26.1 Å². The molecule has 3 aromatic rings. The third-order valence-corrected chi connectivity index (χ3v) is 9.13. The van der Waals surface area contributed by atoms with Gasteiger partial charge in [-0.2, -0.15) is 9.30 Å². The number of aromatic nitrogens is 1. The minimum atomic E-state index is -3.81. The predicted octanol–water partition coefficient (Wildman–Crippen LogP) is 3.63. The molecule has 34 heavy (non-hydrogen) atoms. The first-order valence-corrected chi connectivity index (χ1v) is 13.4. The van der Waals surface area contributed by atoms with E-state index in [9.17, 15) is 17.6 Å². The number of methoxy groups -OCH3 is 1. The van der Waals surface area contributed by atoms with Crippen LogP contribution in [-0.4, -0.2) is 50.0 Å². The second-order valence-corrected chi connectivity index (χ2v) is 11.5. The van der Waals surface area contributed by atoms with Crippen LogP contribution >= 0.6 is 11.3 Å². The van der Waals surface area contributed by atoms with Crippen molar-refractivity contribution in [2.45, 2.75) is 38.1 Å². The van der Waals surface area contributed by atoms with E-state index in [1.807, 2.05) is 18.4 Å². The van der Waals surface area contributed by atoms with E-state index in [2.05, 4.69) is 17.1 Å².